The van der Waals surface area contributed by atoms with Crippen molar-refractivity contribution in [1.29, 1.82) is 0 Å². The summed E-state index contributed by atoms with van der Waals surface area (Å²) in [5.41, 5.74) is 3.20. The number of hydrogen-bond acceptors (Lipinski definition) is 7. The van der Waals surface area contributed by atoms with Crippen LogP contribution in [0.15, 0.2) is 53.7 Å². The zero-order chi connectivity index (χ0) is 23.5. The van der Waals surface area contributed by atoms with Crippen molar-refractivity contribution in [3.05, 3.63) is 59.9 Å². The van der Waals surface area contributed by atoms with Crippen LogP contribution in [0.3, 0.4) is 0 Å². The fourth-order valence-corrected chi connectivity index (χ4v) is 4.75. The Balaban J connectivity index is 1.18. The molecular weight excluding hydrogens is 452 g/mol. The molecule has 11 heteroatoms. The second kappa shape index (κ2) is 9.64. The average Bonchev–Trinajstić information content (AvgIpc) is 3.49. The smallest absolute Gasteiger partial charge is 0.253 e. The van der Waals surface area contributed by atoms with E-state index in [2.05, 4.69) is 25.8 Å². The molecule has 0 aliphatic carbocycles. The van der Waals surface area contributed by atoms with Crippen LogP contribution in [0.25, 0.3) is 11.0 Å². The molecule has 174 valence electrons. The molecule has 2 amide bonds. The molecule has 1 unspecified atom stereocenters. The van der Waals surface area contributed by atoms with Crippen LogP contribution in [-0.4, -0.2) is 65.7 Å². The summed E-state index contributed by atoms with van der Waals surface area (Å²) in [6, 6.07) is 15.0. The zero-order valence-corrected chi connectivity index (χ0v) is 19.5. The summed E-state index contributed by atoms with van der Waals surface area (Å²) in [4.78, 5) is 35.4. The van der Waals surface area contributed by atoms with E-state index in [-0.39, 0.29) is 23.5 Å². The van der Waals surface area contributed by atoms with Gasteiger partial charge >= 0.3 is 0 Å². The molecule has 1 aliphatic rings. The first kappa shape index (κ1) is 22.1. The maximum Gasteiger partial charge on any atom is 0.253 e. The molecule has 0 bridgehead atoms. The predicted molar refractivity (Wildman–Crippen MR) is 129 cm³/mol. The van der Waals surface area contributed by atoms with Crippen LogP contribution in [0.1, 0.15) is 34.9 Å². The molecule has 2 aromatic carbocycles. The summed E-state index contributed by atoms with van der Waals surface area (Å²) in [6.07, 6.45) is 1.93. The number of carbonyl (C=O) groups is 2. The molecule has 1 aliphatic heterocycles. The lowest BCUT2D eigenvalue weighted by Crippen LogP contribution is -2.39. The van der Waals surface area contributed by atoms with E-state index < -0.39 is 0 Å². The normalized spacial score (nSPS) is 16.0. The number of tetrazole rings is 1. The first-order chi connectivity index (χ1) is 16.6. The maximum absolute atomic E-state index is 13.1. The molecule has 10 nitrogen and oxygen atoms in total. The van der Waals surface area contributed by atoms with Crippen LogP contribution < -0.4 is 5.32 Å². The van der Waals surface area contributed by atoms with Crippen molar-refractivity contribution in [1.82, 2.24) is 35.1 Å². The Morgan fingerprint density at radius 3 is 2.76 bits per heavy atom. The number of benzene rings is 2. The monoisotopic (exact) mass is 476 g/mol. The van der Waals surface area contributed by atoms with E-state index in [0.29, 0.717) is 23.0 Å². The van der Waals surface area contributed by atoms with Crippen LogP contribution in [0, 0.1) is 0 Å². The summed E-state index contributed by atoms with van der Waals surface area (Å²) in [7, 11) is 1.72. The summed E-state index contributed by atoms with van der Waals surface area (Å²) >= 11 is 1.25. The van der Waals surface area contributed by atoms with Crippen molar-refractivity contribution in [3.63, 3.8) is 0 Å². The molecule has 0 saturated carbocycles. The van der Waals surface area contributed by atoms with Gasteiger partial charge in [-0.15, -0.1) is 5.10 Å². The molecule has 34 heavy (non-hydrogen) atoms. The SMILES string of the molecule is Cn1nnnc1SCC(=O)Nc1ccc(C(=O)N2CCCC(c3nc4ccccc4[nH]3)C2)cc1. The highest BCUT2D eigenvalue weighted by Gasteiger charge is 2.27. The Labute approximate surface area is 200 Å². The van der Waals surface area contributed by atoms with E-state index in [9.17, 15) is 9.59 Å². The molecule has 1 saturated heterocycles. The number of carbonyl (C=O) groups excluding carboxylic acids is 2. The first-order valence-electron chi connectivity index (χ1n) is 11.1. The first-order valence-corrected chi connectivity index (χ1v) is 12.0. The van der Waals surface area contributed by atoms with Crippen molar-refractivity contribution < 1.29 is 9.59 Å². The highest BCUT2D eigenvalue weighted by molar-refractivity contribution is 7.99. The number of imidazole rings is 1. The lowest BCUT2D eigenvalue weighted by atomic mass is 9.96. The second-order valence-corrected chi connectivity index (χ2v) is 9.17. The summed E-state index contributed by atoms with van der Waals surface area (Å²) in [6.45, 7) is 1.35. The van der Waals surface area contributed by atoms with E-state index in [0.717, 1.165) is 36.2 Å². The number of aromatic nitrogens is 6. The maximum atomic E-state index is 13.1. The number of H-pyrrole nitrogens is 1. The number of amides is 2. The van der Waals surface area contributed by atoms with Gasteiger partial charge in [-0.05, 0) is 59.7 Å². The van der Waals surface area contributed by atoms with E-state index >= 15 is 0 Å². The third-order valence-electron chi connectivity index (χ3n) is 5.83. The van der Waals surface area contributed by atoms with Gasteiger partial charge in [-0.3, -0.25) is 9.59 Å². The molecule has 2 N–H and O–H groups in total. The van der Waals surface area contributed by atoms with Crippen molar-refractivity contribution in [2.45, 2.75) is 23.9 Å². The quantitative estimate of drug-likeness (QED) is 0.410. The fourth-order valence-electron chi connectivity index (χ4n) is 4.10. The van der Waals surface area contributed by atoms with Gasteiger partial charge < -0.3 is 15.2 Å². The van der Waals surface area contributed by atoms with Gasteiger partial charge in [-0.2, -0.15) is 0 Å². The minimum Gasteiger partial charge on any atom is -0.342 e. The fraction of sp³-hybridized carbons (Fsp3) is 0.304. The highest BCUT2D eigenvalue weighted by atomic mass is 32.2. The number of fused-ring (bicyclic) bond motifs is 1. The number of likely N-dealkylation sites (tertiary alicyclic amines) is 1. The largest absolute Gasteiger partial charge is 0.342 e. The van der Waals surface area contributed by atoms with E-state index in [1.165, 1.54) is 16.4 Å². The number of aromatic amines is 1. The second-order valence-electron chi connectivity index (χ2n) is 8.23. The standard InChI is InChI=1S/C23H24N8O2S/c1-30-23(27-28-29-30)34-14-20(32)24-17-10-8-15(9-11-17)22(33)31-12-4-5-16(13-31)21-25-18-6-2-3-7-19(18)26-21/h2-3,6-11,16H,4-5,12-14H2,1H3,(H,24,32)(H,25,26). The number of nitrogens with one attached hydrogen (secondary N) is 2. The van der Waals surface area contributed by atoms with Crippen LogP contribution >= 0.6 is 11.8 Å². The number of para-hydroxylation sites is 2. The Bertz CT molecular complexity index is 1280. The number of aryl methyl sites for hydroxylation is 1. The molecule has 1 fully saturated rings. The lowest BCUT2D eigenvalue weighted by Gasteiger charge is -2.32. The van der Waals surface area contributed by atoms with Gasteiger partial charge in [0.2, 0.25) is 11.1 Å². The number of anilines is 1. The summed E-state index contributed by atoms with van der Waals surface area (Å²) in [5.74, 6) is 1.13. The van der Waals surface area contributed by atoms with Gasteiger partial charge in [0.05, 0.1) is 16.8 Å². The van der Waals surface area contributed by atoms with Crippen molar-refractivity contribution in [3.8, 4) is 0 Å². The van der Waals surface area contributed by atoms with Gasteiger partial charge in [-0.25, -0.2) is 9.67 Å². The third-order valence-corrected chi connectivity index (χ3v) is 6.84. The van der Waals surface area contributed by atoms with Crippen molar-refractivity contribution in [2.75, 3.05) is 24.2 Å². The van der Waals surface area contributed by atoms with Gasteiger partial charge in [0.1, 0.15) is 5.82 Å². The molecular formula is C23H24N8O2S. The molecule has 5 rings (SSSR count). The Morgan fingerprint density at radius 2 is 2.00 bits per heavy atom. The van der Waals surface area contributed by atoms with E-state index in [4.69, 9.17) is 4.98 Å². The zero-order valence-electron chi connectivity index (χ0n) is 18.6. The number of thioether (sulfide) groups is 1. The van der Waals surface area contributed by atoms with Gasteiger partial charge in [0.15, 0.2) is 0 Å². The minimum absolute atomic E-state index is 0.0102. The Kier molecular flexibility index (Phi) is 6.26. The number of nitrogens with zero attached hydrogens (tertiary/aromatic N) is 6. The highest BCUT2D eigenvalue weighted by Crippen LogP contribution is 2.28. The van der Waals surface area contributed by atoms with Gasteiger partial charge in [0.25, 0.3) is 5.91 Å². The lowest BCUT2D eigenvalue weighted by molar-refractivity contribution is -0.113. The van der Waals surface area contributed by atoms with Crippen molar-refractivity contribution >= 4 is 40.3 Å². The van der Waals surface area contributed by atoms with E-state index in [1.54, 1.807) is 31.3 Å². The Hall–Kier alpha value is -3.73. The third kappa shape index (κ3) is 4.79. The number of piperidine rings is 1. The molecule has 1 atom stereocenters. The molecule has 2 aromatic heterocycles. The van der Waals surface area contributed by atoms with Crippen LogP contribution in [0.5, 0.6) is 0 Å². The molecule has 4 aromatic rings. The number of rotatable bonds is 6. The molecule has 3 heterocycles. The van der Waals surface area contributed by atoms with Crippen LogP contribution in [0.4, 0.5) is 5.69 Å². The van der Waals surface area contributed by atoms with Crippen molar-refractivity contribution in [2.24, 2.45) is 7.05 Å². The minimum atomic E-state index is -0.170. The Morgan fingerprint density at radius 1 is 1.18 bits per heavy atom. The predicted octanol–water partition coefficient (Wildman–Crippen LogP) is 2.84. The van der Waals surface area contributed by atoms with Crippen LogP contribution in [-0.2, 0) is 11.8 Å². The molecule has 0 spiro atoms. The molecule has 0 radical (unpaired) electrons. The van der Waals surface area contributed by atoms with Crippen LogP contribution in [0.2, 0.25) is 0 Å². The number of hydrogen-bond donors (Lipinski definition) is 2. The van der Waals surface area contributed by atoms with E-state index in [1.807, 2.05) is 29.2 Å². The average molecular weight is 477 g/mol. The summed E-state index contributed by atoms with van der Waals surface area (Å²) < 4.78 is 1.51. The van der Waals surface area contributed by atoms with Gasteiger partial charge in [-0.1, -0.05) is 23.9 Å². The topological polar surface area (TPSA) is 122 Å². The summed E-state index contributed by atoms with van der Waals surface area (Å²) in [5, 5.41) is 14.5. The van der Waals surface area contributed by atoms with Gasteiger partial charge in [0, 0.05) is 37.3 Å².